The molecule has 0 spiro atoms. The second-order valence-corrected chi connectivity index (χ2v) is 8.04. The summed E-state index contributed by atoms with van der Waals surface area (Å²) in [4.78, 5) is 24.9. The van der Waals surface area contributed by atoms with E-state index >= 15 is 4.39 Å². The first-order valence-electron chi connectivity index (χ1n) is 11.1. The van der Waals surface area contributed by atoms with Crippen molar-refractivity contribution in [1.29, 1.82) is 0 Å². The Hall–Kier alpha value is -3.95. The Bertz CT molecular complexity index is 1150. The topological polar surface area (TPSA) is 72.7 Å². The molecule has 1 atom stereocenters. The lowest BCUT2D eigenvalue weighted by molar-refractivity contribution is -0.384. The molecule has 0 N–H and O–H groups in total. The number of carbonyl (C=O) groups excluding carboxylic acids is 1. The molecule has 6 nitrogen and oxygen atoms in total. The van der Waals surface area contributed by atoms with Gasteiger partial charge in [0, 0.05) is 24.7 Å². The van der Waals surface area contributed by atoms with E-state index in [9.17, 15) is 28.1 Å². The van der Waals surface area contributed by atoms with Crippen LogP contribution in [0.5, 0.6) is 0 Å². The Morgan fingerprint density at radius 2 is 1.50 bits per heavy atom. The molecule has 0 amide bonds. The molecule has 3 aromatic carbocycles. The predicted molar refractivity (Wildman–Crippen MR) is 126 cm³/mol. The van der Waals surface area contributed by atoms with E-state index in [-0.39, 0.29) is 19.7 Å². The summed E-state index contributed by atoms with van der Waals surface area (Å²) < 4.78 is 60.8. The van der Waals surface area contributed by atoms with Crippen molar-refractivity contribution in [2.45, 2.75) is 38.5 Å². The first-order chi connectivity index (χ1) is 17.1. The number of ether oxygens (including phenoxy) is 1. The van der Waals surface area contributed by atoms with Gasteiger partial charge < -0.3 is 9.64 Å². The zero-order valence-corrected chi connectivity index (χ0v) is 19.4. The molecule has 0 bridgehead atoms. The highest BCUT2D eigenvalue weighted by Gasteiger charge is 2.40. The van der Waals surface area contributed by atoms with Gasteiger partial charge in [-0.2, -0.15) is 13.2 Å². The number of esters is 1. The Morgan fingerprint density at radius 1 is 0.972 bits per heavy atom. The lowest BCUT2D eigenvalue weighted by atomic mass is 9.93. The quantitative estimate of drug-likeness (QED) is 0.136. The smallest absolute Gasteiger partial charge is 0.390 e. The highest BCUT2D eigenvalue weighted by Crippen LogP contribution is 2.41. The van der Waals surface area contributed by atoms with Gasteiger partial charge in [-0.25, -0.2) is 4.39 Å². The van der Waals surface area contributed by atoms with Crippen LogP contribution in [0.1, 0.15) is 36.0 Å². The largest absolute Gasteiger partial charge is 0.466 e. The van der Waals surface area contributed by atoms with Crippen molar-refractivity contribution in [3.8, 4) is 0 Å². The molecule has 0 radical (unpaired) electrons. The minimum atomic E-state index is -4.81. The summed E-state index contributed by atoms with van der Waals surface area (Å²) in [5.41, 5.74) is -0.341. The van der Waals surface area contributed by atoms with Gasteiger partial charge in [-0.15, -0.1) is 0 Å². The second kappa shape index (κ2) is 11.7. The maximum atomic E-state index is 16.1. The van der Waals surface area contributed by atoms with E-state index < -0.39 is 52.2 Å². The summed E-state index contributed by atoms with van der Waals surface area (Å²) in [6, 6.07) is 19.3. The van der Waals surface area contributed by atoms with Crippen molar-refractivity contribution in [3.63, 3.8) is 0 Å². The van der Waals surface area contributed by atoms with Gasteiger partial charge in [0.2, 0.25) is 0 Å². The molecular formula is C26H24F4N2O4. The second-order valence-electron chi connectivity index (χ2n) is 8.04. The molecule has 0 saturated heterocycles. The molecule has 3 aromatic rings. The van der Waals surface area contributed by atoms with Gasteiger partial charge in [-0.1, -0.05) is 60.7 Å². The van der Waals surface area contributed by atoms with Crippen molar-refractivity contribution in [1.82, 2.24) is 0 Å². The highest BCUT2D eigenvalue weighted by molar-refractivity contribution is 5.80. The third kappa shape index (κ3) is 6.80. The van der Waals surface area contributed by atoms with Gasteiger partial charge in [-0.05, 0) is 24.1 Å². The summed E-state index contributed by atoms with van der Waals surface area (Å²) in [6.45, 7) is 1.27. The molecular weight excluding hydrogens is 480 g/mol. The third-order valence-corrected chi connectivity index (χ3v) is 5.45. The monoisotopic (exact) mass is 504 g/mol. The molecule has 0 aromatic heterocycles. The van der Waals surface area contributed by atoms with Crippen molar-refractivity contribution < 1.29 is 32.0 Å². The summed E-state index contributed by atoms with van der Waals surface area (Å²) in [7, 11) is 0. The standard InChI is InChI=1S/C26H24F4N2O4/c1-2-36-25(33)21(15-26(28,29)30)20-13-14-22(32(34)35)24(23(20)27)31(16-18-9-5-3-6-10-18)17-19-11-7-4-8-12-19/h3-14,21H,2,15-17H2,1H3. The van der Waals surface area contributed by atoms with Crippen LogP contribution in [0.3, 0.4) is 0 Å². The molecule has 0 heterocycles. The molecule has 0 aliphatic heterocycles. The van der Waals surface area contributed by atoms with Crippen LogP contribution in [-0.4, -0.2) is 23.7 Å². The van der Waals surface area contributed by atoms with Crippen LogP contribution in [0, 0.1) is 15.9 Å². The average Bonchev–Trinajstić information content (AvgIpc) is 2.83. The van der Waals surface area contributed by atoms with Gasteiger partial charge >= 0.3 is 12.1 Å². The highest BCUT2D eigenvalue weighted by atomic mass is 19.4. The lowest BCUT2D eigenvalue weighted by Crippen LogP contribution is -2.27. The number of nitro groups is 1. The van der Waals surface area contributed by atoms with E-state index in [4.69, 9.17) is 4.74 Å². The van der Waals surface area contributed by atoms with Crippen molar-refractivity contribution >= 4 is 17.3 Å². The third-order valence-electron chi connectivity index (χ3n) is 5.45. The molecule has 36 heavy (non-hydrogen) atoms. The van der Waals surface area contributed by atoms with Crippen LogP contribution in [0.4, 0.5) is 28.9 Å². The van der Waals surface area contributed by atoms with Crippen LogP contribution in [0.2, 0.25) is 0 Å². The van der Waals surface area contributed by atoms with Crippen LogP contribution in [-0.2, 0) is 22.6 Å². The maximum Gasteiger partial charge on any atom is 0.390 e. The lowest BCUT2D eigenvalue weighted by Gasteiger charge is -2.27. The number of halogens is 4. The predicted octanol–water partition coefficient (Wildman–Crippen LogP) is 6.54. The van der Waals surface area contributed by atoms with Gasteiger partial charge in [0.05, 0.1) is 23.9 Å². The minimum absolute atomic E-state index is 0.0281. The molecule has 3 rings (SSSR count). The molecule has 0 fully saturated rings. The normalized spacial score (nSPS) is 12.1. The zero-order valence-electron chi connectivity index (χ0n) is 19.4. The van der Waals surface area contributed by atoms with Crippen LogP contribution in [0.25, 0.3) is 0 Å². The fourth-order valence-electron chi connectivity index (χ4n) is 3.90. The Labute approximate surface area is 205 Å². The van der Waals surface area contributed by atoms with Crippen LogP contribution in [0.15, 0.2) is 72.8 Å². The molecule has 0 aliphatic carbocycles. The summed E-state index contributed by atoms with van der Waals surface area (Å²) in [5, 5.41) is 11.9. The number of carbonyl (C=O) groups is 1. The number of nitrogens with zero attached hydrogens (tertiary/aromatic N) is 2. The van der Waals surface area contributed by atoms with Crippen LogP contribution >= 0.6 is 0 Å². The van der Waals surface area contributed by atoms with E-state index in [0.717, 1.165) is 12.1 Å². The number of alkyl halides is 3. The SMILES string of the molecule is CCOC(=O)C(CC(F)(F)F)c1ccc([N+](=O)[O-])c(N(Cc2ccccc2)Cc2ccccc2)c1F. The first-order valence-corrected chi connectivity index (χ1v) is 11.1. The van der Waals surface area contributed by atoms with Gasteiger partial charge in [0.25, 0.3) is 5.69 Å². The molecule has 0 aliphatic rings. The number of benzene rings is 3. The van der Waals surface area contributed by atoms with Crippen LogP contribution < -0.4 is 4.90 Å². The molecule has 190 valence electrons. The average molecular weight is 504 g/mol. The first kappa shape index (κ1) is 26.7. The van der Waals surface area contributed by atoms with Crippen molar-refractivity contribution in [3.05, 3.63) is 105 Å². The Kier molecular flexibility index (Phi) is 8.63. The Morgan fingerprint density at radius 3 is 1.94 bits per heavy atom. The summed E-state index contributed by atoms with van der Waals surface area (Å²) in [6.07, 6.45) is -6.48. The summed E-state index contributed by atoms with van der Waals surface area (Å²) >= 11 is 0. The number of hydrogen-bond donors (Lipinski definition) is 0. The summed E-state index contributed by atoms with van der Waals surface area (Å²) in [5.74, 6) is -4.54. The van der Waals surface area contributed by atoms with Gasteiger partial charge in [0.15, 0.2) is 11.5 Å². The molecule has 1 unspecified atom stereocenters. The van der Waals surface area contributed by atoms with Gasteiger partial charge in [-0.3, -0.25) is 14.9 Å². The van der Waals surface area contributed by atoms with Crippen molar-refractivity contribution in [2.24, 2.45) is 0 Å². The van der Waals surface area contributed by atoms with Crippen molar-refractivity contribution in [2.75, 3.05) is 11.5 Å². The van der Waals surface area contributed by atoms with E-state index in [0.29, 0.717) is 11.1 Å². The molecule has 0 saturated carbocycles. The fourth-order valence-corrected chi connectivity index (χ4v) is 3.90. The fraction of sp³-hybridized carbons (Fsp3) is 0.269. The molecule has 10 heteroatoms. The van der Waals surface area contributed by atoms with E-state index in [1.54, 1.807) is 60.7 Å². The zero-order chi connectivity index (χ0) is 26.3. The number of nitro benzene ring substituents is 1. The number of rotatable bonds is 10. The van der Waals surface area contributed by atoms with Gasteiger partial charge in [0.1, 0.15) is 0 Å². The number of hydrogen-bond acceptors (Lipinski definition) is 5. The van der Waals surface area contributed by atoms with E-state index in [1.807, 2.05) is 0 Å². The minimum Gasteiger partial charge on any atom is -0.466 e. The Balaban J connectivity index is 2.19. The maximum absolute atomic E-state index is 16.1. The van der Waals surface area contributed by atoms with E-state index in [1.165, 1.54) is 11.8 Å². The van der Waals surface area contributed by atoms with E-state index in [2.05, 4.69) is 0 Å². The number of anilines is 1.